The third kappa shape index (κ3) is 1.57. The molecule has 4 heteroatoms. The molecule has 3 rings (SSSR count). The molecule has 16 heavy (non-hydrogen) atoms. The van der Waals surface area contributed by atoms with E-state index >= 15 is 0 Å². The number of carbonyl (C=O) groups is 1. The minimum atomic E-state index is 0.127. The van der Waals surface area contributed by atoms with Gasteiger partial charge in [-0.1, -0.05) is 11.6 Å². The van der Waals surface area contributed by atoms with Gasteiger partial charge in [-0.2, -0.15) is 0 Å². The Morgan fingerprint density at radius 2 is 2.19 bits per heavy atom. The largest absolute Gasteiger partial charge is 0.358 e. The number of carbonyl (C=O) groups excluding carboxylic acids is 1. The molecule has 2 heterocycles. The highest BCUT2D eigenvalue weighted by Gasteiger charge is 2.24. The Hall–Kier alpha value is -1.48. The Balaban J connectivity index is 2.02. The second-order valence-corrected chi connectivity index (χ2v) is 4.60. The lowest BCUT2D eigenvalue weighted by atomic mass is 10.1. The summed E-state index contributed by atoms with van der Waals surface area (Å²) in [7, 11) is 0. The van der Waals surface area contributed by atoms with Crippen molar-refractivity contribution in [3.63, 3.8) is 0 Å². The van der Waals surface area contributed by atoms with E-state index in [2.05, 4.69) is 16.4 Å². The number of amides is 1. The van der Waals surface area contributed by atoms with Crippen LogP contribution < -0.4 is 5.32 Å². The standard InChI is InChI=1S/C12H11ClN2O/c13-9-1-2-10-7(3-9)4-11(15-10)8-5-12(16)14-6-8/h1-4,8,15H,5-6H2,(H,14,16). The number of hydrogen-bond acceptors (Lipinski definition) is 1. The van der Waals surface area contributed by atoms with Crippen LogP contribution in [0.2, 0.25) is 5.02 Å². The van der Waals surface area contributed by atoms with Crippen LogP contribution in [0.4, 0.5) is 0 Å². The van der Waals surface area contributed by atoms with Crippen LogP contribution in [0, 0.1) is 0 Å². The van der Waals surface area contributed by atoms with Crippen molar-refractivity contribution < 1.29 is 4.79 Å². The number of H-pyrrole nitrogens is 1. The molecule has 1 atom stereocenters. The summed E-state index contributed by atoms with van der Waals surface area (Å²) in [6.45, 7) is 0.722. The van der Waals surface area contributed by atoms with Crippen LogP contribution in [-0.4, -0.2) is 17.4 Å². The average molecular weight is 235 g/mol. The predicted octanol–water partition coefficient (Wildman–Crippen LogP) is 2.42. The van der Waals surface area contributed by atoms with Crippen LogP contribution in [0.5, 0.6) is 0 Å². The number of rotatable bonds is 1. The van der Waals surface area contributed by atoms with Crippen LogP contribution in [0.15, 0.2) is 24.3 Å². The van der Waals surface area contributed by atoms with Crippen LogP contribution in [0.1, 0.15) is 18.0 Å². The third-order valence-electron chi connectivity index (χ3n) is 3.02. The van der Waals surface area contributed by atoms with Gasteiger partial charge in [-0.25, -0.2) is 0 Å². The lowest BCUT2D eigenvalue weighted by molar-refractivity contribution is -0.119. The molecule has 0 bridgehead atoms. The Morgan fingerprint density at radius 1 is 1.31 bits per heavy atom. The summed E-state index contributed by atoms with van der Waals surface area (Å²) in [5.74, 6) is 0.389. The van der Waals surface area contributed by atoms with Crippen LogP contribution in [0.25, 0.3) is 10.9 Å². The minimum absolute atomic E-state index is 0.127. The van der Waals surface area contributed by atoms with Crippen molar-refractivity contribution in [2.24, 2.45) is 0 Å². The second-order valence-electron chi connectivity index (χ2n) is 4.16. The zero-order valence-corrected chi connectivity index (χ0v) is 9.34. The first-order valence-electron chi connectivity index (χ1n) is 5.27. The smallest absolute Gasteiger partial charge is 0.220 e. The van der Waals surface area contributed by atoms with E-state index in [1.54, 1.807) is 0 Å². The van der Waals surface area contributed by atoms with E-state index in [4.69, 9.17) is 11.6 Å². The van der Waals surface area contributed by atoms with Crippen molar-refractivity contribution in [1.29, 1.82) is 0 Å². The first-order chi connectivity index (χ1) is 7.72. The Morgan fingerprint density at radius 3 is 2.94 bits per heavy atom. The lowest BCUT2D eigenvalue weighted by Crippen LogP contribution is -2.13. The average Bonchev–Trinajstić information content (AvgIpc) is 2.83. The third-order valence-corrected chi connectivity index (χ3v) is 3.26. The summed E-state index contributed by atoms with van der Waals surface area (Å²) in [5, 5.41) is 4.67. The maximum atomic E-state index is 11.1. The number of aromatic nitrogens is 1. The van der Waals surface area contributed by atoms with Gasteiger partial charge in [0.25, 0.3) is 0 Å². The van der Waals surface area contributed by atoms with E-state index < -0.39 is 0 Å². The van der Waals surface area contributed by atoms with Gasteiger partial charge in [0.1, 0.15) is 0 Å². The predicted molar refractivity (Wildman–Crippen MR) is 63.7 cm³/mol. The molecule has 1 aliphatic heterocycles. The van der Waals surface area contributed by atoms with Gasteiger partial charge in [0, 0.05) is 40.5 Å². The molecular formula is C12H11ClN2O. The SMILES string of the molecule is O=C1CC(c2cc3cc(Cl)ccc3[nH]2)CN1. The fraction of sp³-hybridized carbons (Fsp3) is 0.250. The summed E-state index contributed by atoms with van der Waals surface area (Å²) in [6, 6.07) is 7.83. The first kappa shape index (κ1) is 9.73. The quantitative estimate of drug-likeness (QED) is 0.782. The molecule has 1 aromatic heterocycles. The summed E-state index contributed by atoms with van der Waals surface area (Å²) in [5.41, 5.74) is 2.18. The zero-order chi connectivity index (χ0) is 11.1. The van der Waals surface area contributed by atoms with Gasteiger partial charge in [0.2, 0.25) is 5.91 Å². The molecule has 0 saturated carbocycles. The fourth-order valence-corrected chi connectivity index (χ4v) is 2.35. The maximum Gasteiger partial charge on any atom is 0.220 e. The van der Waals surface area contributed by atoms with E-state index in [-0.39, 0.29) is 11.8 Å². The molecule has 1 aliphatic rings. The normalized spacial score (nSPS) is 20.3. The van der Waals surface area contributed by atoms with Gasteiger partial charge in [-0.15, -0.1) is 0 Å². The van der Waals surface area contributed by atoms with Crippen molar-refractivity contribution in [3.05, 3.63) is 35.0 Å². The van der Waals surface area contributed by atoms with Crippen LogP contribution in [-0.2, 0) is 4.79 Å². The van der Waals surface area contributed by atoms with Crippen molar-refractivity contribution in [2.75, 3.05) is 6.54 Å². The summed E-state index contributed by atoms with van der Waals surface area (Å²) < 4.78 is 0. The van der Waals surface area contributed by atoms with E-state index in [0.717, 1.165) is 28.2 Å². The Kier molecular flexibility index (Phi) is 2.14. The molecule has 1 saturated heterocycles. The first-order valence-corrected chi connectivity index (χ1v) is 5.65. The summed E-state index contributed by atoms with van der Waals surface area (Å²) in [4.78, 5) is 14.5. The molecule has 1 fully saturated rings. The lowest BCUT2D eigenvalue weighted by Gasteiger charge is -2.02. The molecule has 0 radical (unpaired) electrons. The second kappa shape index (κ2) is 3.52. The molecule has 1 aromatic carbocycles. The Bertz CT molecular complexity index is 561. The van der Waals surface area contributed by atoms with Gasteiger partial charge in [0.15, 0.2) is 0 Å². The molecule has 0 spiro atoms. The highest BCUT2D eigenvalue weighted by molar-refractivity contribution is 6.31. The van der Waals surface area contributed by atoms with E-state index in [9.17, 15) is 4.79 Å². The van der Waals surface area contributed by atoms with Gasteiger partial charge in [0.05, 0.1) is 0 Å². The number of benzene rings is 1. The fourth-order valence-electron chi connectivity index (χ4n) is 2.17. The number of nitrogens with one attached hydrogen (secondary N) is 2. The van der Waals surface area contributed by atoms with Crippen molar-refractivity contribution >= 4 is 28.4 Å². The van der Waals surface area contributed by atoms with Gasteiger partial charge < -0.3 is 10.3 Å². The number of fused-ring (bicyclic) bond motifs is 1. The van der Waals surface area contributed by atoms with Gasteiger partial charge in [-0.05, 0) is 24.3 Å². The summed E-state index contributed by atoms with van der Waals surface area (Å²) in [6.07, 6.45) is 0.570. The molecule has 3 nitrogen and oxygen atoms in total. The van der Waals surface area contributed by atoms with E-state index in [1.165, 1.54) is 0 Å². The number of halogens is 1. The molecule has 1 unspecified atom stereocenters. The highest BCUT2D eigenvalue weighted by atomic mass is 35.5. The molecular weight excluding hydrogens is 224 g/mol. The minimum Gasteiger partial charge on any atom is -0.358 e. The van der Waals surface area contributed by atoms with Gasteiger partial charge >= 0.3 is 0 Å². The number of hydrogen-bond donors (Lipinski definition) is 2. The van der Waals surface area contributed by atoms with Gasteiger partial charge in [-0.3, -0.25) is 4.79 Å². The number of aromatic amines is 1. The van der Waals surface area contributed by atoms with Crippen molar-refractivity contribution in [3.8, 4) is 0 Å². The molecule has 2 N–H and O–H groups in total. The van der Waals surface area contributed by atoms with Crippen molar-refractivity contribution in [1.82, 2.24) is 10.3 Å². The highest BCUT2D eigenvalue weighted by Crippen LogP contribution is 2.27. The van der Waals surface area contributed by atoms with E-state index in [0.29, 0.717) is 6.42 Å². The molecule has 1 amide bonds. The monoisotopic (exact) mass is 234 g/mol. The Labute approximate surface area is 97.8 Å². The van der Waals surface area contributed by atoms with Crippen molar-refractivity contribution in [2.45, 2.75) is 12.3 Å². The van der Waals surface area contributed by atoms with Crippen LogP contribution in [0.3, 0.4) is 0 Å². The van der Waals surface area contributed by atoms with E-state index in [1.807, 2.05) is 18.2 Å². The van der Waals surface area contributed by atoms with Crippen LogP contribution >= 0.6 is 11.6 Å². The topological polar surface area (TPSA) is 44.9 Å². The zero-order valence-electron chi connectivity index (χ0n) is 8.59. The maximum absolute atomic E-state index is 11.1. The molecule has 2 aromatic rings. The molecule has 0 aliphatic carbocycles. The molecule has 82 valence electrons. The summed E-state index contributed by atoms with van der Waals surface area (Å²) >= 11 is 5.93.